The summed E-state index contributed by atoms with van der Waals surface area (Å²) in [6.07, 6.45) is 6.16. The first-order chi connectivity index (χ1) is 12.3. The fourth-order valence-corrected chi connectivity index (χ4v) is 4.37. The second-order valence-corrected chi connectivity index (χ2v) is 7.29. The number of anilines is 1. The zero-order valence-corrected chi connectivity index (χ0v) is 14.2. The third-order valence-electron chi connectivity index (χ3n) is 5.71. The summed E-state index contributed by atoms with van der Waals surface area (Å²) < 4.78 is 6.34. The number of ether oxygens (including phenoxy) is 1. The maximum Gasteiger partial charge on any atom is 0.290 e. The monoisotopic (exact) mass is 334 g/mol. The zero-order valence-electron chi connectivity index (χ0n) is 14.2. The lowest BCUT2D eigenvalue weighted by molar-refractivity contribution is -0.0829. The van der Waals surface area contributed by atoms with Gasteiger partial charge >= 0.3 is 0 Å². The molecule has 0 saturated carbocycles. The molecule has 128 valence electrons. The second-order valence-electron chi connectivity index (χ2n) is 7.29. The number of nitrogens with one attached hydrogen (secondary N) is 1. The van der Waals surface area contributed by atoms with Gasteiger partial charge in [0.1, 0.15) is 5.60 Å². The molecule has 0 amide bonds. The van der Waals surface area contributed by atoms with Crippen LogP contribution < -0.4 is 5.32 Å². The fourth-order valence-electron chi connectivity index (χ4n) is 4.37. The fraction of sp³-hybridized carbons (Fsp3) is 0.400. The smallest absolute Gasteiger partial charge is 0.290 e. The Morgan fingerprint density at radius 3 is 2.68 bits per heavy atom. The Morgan fingerprint density at radius 2 is 1.92 bits per heavy atom. The van der Waals surface area contributed by atoms with Crippen LogP contribution in [-0.4, -0.2) is 47.7 Å². The van der Waals surface area contributed by atoms with Gasteiger partial charge in [-0.05, 0) is 37.6 Å². The first kappa shape index (κ1) is 14.9. The Hall–Kier alpha value is -2.40. The summed E-state index contributed by atoms with van der Waals surface area (Å²) >= 11 is 0. The lowest BCUT2D eigenvalue weighted by Gasteiger charge is -2.50. The van der Waals surface area contributed by atoms with Crippen LogP contribution in [0, 0.1) is 5.92 Å². The van der Waals surface area contributed by atoms with Gasteiger partial charge in [0.05, 0.1) is 18.4 Å². The Balaban J connectivity index is 1.32. The number of aromatic nitrogens is 1. The van der Waals surface area contributed by atoms with E-state index in [1.54, 1.807) is 0 Å². The summed E-state index contributed by atoms with van der Waals surface area (Å²) in [6, 6.07) is 13.0. The molecule has 1 N–H and O–H groups in total. The molecule has 5 heteroatoms. The van der Waals surface area contributed by atoms with Crippen molar-refractivity contribution in [1.29, 1.82) is 0 Å². The molecule has 0 aliphatic carbocycles. The van der Waals surface area contributed by atoms with E-state index in [-0.39, 0.29) is 5.60 Å². The van der Waals surface area contributed by atoms with E-state index in [2.05, 4.69) is 38.4 Å². The van der Waals surface area contributed by atoms with Crippen LogP contribution in [0.4, 0.5) is 5.69 Å². The van der Waals surface area contributed by atoms with E-state index >= 15 is 0 Å². The van der Waals surface area contributed by atoms with Crippen molar-refractivity contribution in [3.63, 3.8) is 0 Å². The molecule has 3 fully saturated rings. The van der Waals surface area contributed by atoms with Gasteiger partial charge in [-0.25, -0.2) is 4.99 Å². The average molecular weight is 334 g/mol. The predicted molar refractivity (Wildman–Crippen MR) is 98.6 cm³/mol. The summed E-state index contributed by atoms with van der Waals surface area (Å²) in [6.45, 7) is 4.19. The molecule has 1 aromatic heterocycles. The third-order valence-corrected chi connectivity index (χ3v) is 5.71. The minimum Gasteiger partial charge on any atom is -0.455 e. The first-order valence-electron chi connectivity index (χ1n) is 9.04. The van der Waals surface area contributed by atoms with Crippen LogP contribution >= 0.6 is 0 Å². The van der Waals surface area contributed by atoms with E-state index in [9.17, 15) is 0 Å². The van der Waals surface area contributed by atoms with Gasteiger partial charge in [0.25, 0.3) is 6.02 Å². The molecule has 5 nitrogen and oxygen atoms in total. The van der Waals surface area contributed by atoms with E-state index in [1.165, 1.54) is 25.9 Å². The van der Waals surface area contributed by atoms with Crippen molar-refractivity contribution in [2.24, 2.45) is 10.9 Å². The van der Waals surface area contributed by atoms with Crippen LogP contribution in [0.2, 0.25) is 0 Å². The van der Waals surface area contributed by atoms with Crippen LogP contribution in [-0.2, 0) is 4.74 Å². The number of benzene rings is 1. The van der Waals surface area contributed by atoms with Gasteiger partial charge in [0, 0.05) is 24.2 Å². The van der Waals surface area contributed by atoms with Crippen molar-refractivity contribution < 1.29 is 4.74 Å². The van der Waals surface area contributed by atoms with Gasteiger partial charge in [-0.2, -0.15) is 0 Å². The average Bonchev–Trinajstić information content (AvgIpc) is 3.05. The lowest BCUT2D eigenvalue weighted by Crippen LogP contribution is -2.61. The van der Waals surface area contributed by atoms with E-state index in [4.69, 9.17) is 4.74 Å². The number of aliphatic imine (C=N–C) groups is 1. The molecule has 6 rings (SSSR count). The maximum absolute atomic E-state index is 6.34. The van der Waals surface area contributed by atoms with Crippen LogP contribution in [0.3, 0.4) is 0 Å². The Morgan fingerprint density at radius 1 is 1.08 bits per heavy atom. The van der Waals surface area contributed by atoms with Crippen LogP contribution in [0.25, 0.3) is 11.1 Å². The number of hydrogen-bond acceptors (Lipinski definition) is 5. The van der Waals surface area contributed by atoms with Crippen molar-refractivity contribution >= 4 is 11.7 Å². The quantitative estimate of drug-likeness (QED) is 0.917. The van der Waals surface area contributed by atoms with E-state index < -0.39 is 0 Å². The van der Waals surface area contributed by atoms with Crippen LogP contribution in [0.5, 0.6) is 0 Å². The van der Waals surface area contributed by atoms with Gasteiger partial charge in [-0.15, -0.1) is 0 Å². The van der Waals surface area contributed by atoms with Crippen molar-refractivity contribution in [3.05, 3.63) is 48.8 Å². The Labute approximate surface area is 147 Å². The number of rotatable bonds is 2. The molecule has 4 aliphatic heterocycles. The van der Waals surface area contributed by atoms with Gasteiger partial charge in [0.2, 0.25) is 0 Å². The largest absolute Gasteiger partial charge is 0.455 e. The molecular formula is C20H22N4O. The van der Waals surface area contributed by atoms with E-state index in [1.807, 2.05) is 30.6 Å². The van der Waals surface area contributed by atoms with Crippen molar-refractivity contribution in [1.82, 2.24) is 9.88 Å². The van der Waals surface area contributed by atoms with Crippen LogP contribution in [0.1, 0.15) is 12.8 Å². The number of piperidine rings is 3. The summed E-state index contributed by atoms with van der Waals surface area (Å²) in [5, 5.41) is 3.33. The standard InChI is InChI=1S/C20H22N4O/c1-2-4-15(5-3-1)16-10-18(12-21-11-16)23-19-22-13-20(25-19)14-24-8-6-17(20)7-9-24/h1-5,10-12,17H,6-9,13-14H2,(H,22,23)/t20-/m0/s1. The minimum atomic E-state index is -0.108. The van der Waals surface area contributed by atoms with Gasteiger partial charge in [-0.3, -0.25) is 9.88 Å². The highest BCUT2D eigenvalue weighted by Crippen LogP contribution is 2.40. The van der Waals surface area contributed by atoms with Crippen molar-refractivity contribution in [2.75, 3.05) is 31.5 Å². The molecule has 2 aromatic rings. The van der Waals surface area contributed by atoms with Gasteiger partial charge in [-0.1, -0.05) is 30.3 Å². The normalized spacial score (nSPS) is 30.2. The molecule has 2 bridgehead atoms. The second kappa shape index (κ2) is 5.85. The summed E-state index contributed by atoms with van der Waals surface area (Å²) in [4.78, 5) is 11.5. The van der Waals surface area contributed by atoms with Crippen LogP contribution in [0.15, 0.2) is 53.8 Å². The highest BCUT2D eigenvalue weighted by atomic mass is 16.5. The van der Waals surface area contributed by atoms with Gasteiger partial charge in [0.15, 0.2) is 0 Å². The Kier molecular flexibility index (Phi) is 3.48. The molecule has 1 aromatic carbocycles. The van der Waals surface area contributed by atoms with Crippen molar-refractivity contribution in [3.8, 4) is 11.1 Å². The number of amidine groups is 1. The first-order valence-corrected chi connectivity index (χ1v) is 9.04. The molecule has 0 unspecified atom stereocenters. The number of fused-ring (bicyclic) bond motifs is 2. The van der Waals surface area contributed by atoms with Crippen molar-refractivity contribution in [2.45, 2.75) is 18.4 Å². The number of pyridine rings is 1. The molecule has 1 spiro atoms. The van der Waals surface area contributed by atoms with Gasteiger partial charge < -0.3 is 10.1 Å². The lowest BCUT2D eigenvalue weighted by atomic mass is 9.75. The zero-order chi connectivity index (χ0) is 16.7. The minimum absolute atomic E-state index is 0.108. The summed E-state index contributed by atoms with van der Waals surface area (Å²) in [5.41, 5.74) is 3.05. The van der Waals surface area contributed by atoms with E-state index in [0.717, 1.165) is 29.9 Å². The molecular weight excluding hydrogens is 312 g/mol. The topological polar surface area (TPSA) is 49.8 Å². The predicted octanol–water partition coefficient (Wildman–Crippen LogP) is 3.01. The number of hydrogen-bond donors (Lipinski definition) is 1. The molecule has 4 aliphatic rings. The summed E-state index contributed by atoms with van der Waals surface area (Å²) in [5.74, 6) is 0.634. The highest BCUT2D eigenvalue weighted by molar-refractivity contribution is 5.91. The molecule has 5 heterocycles. The SMILES string of the molecule is c1ccc(-c2cncc(NC3=NC[C@@]4(CN5CCC4CC5)O3)c2)cc1. The Bertz CT molecular complexity index is 798. The molecule has 0 radical (unpaired) electrons. The third kappa shape index (κ3) is 2.68. The molecule has 25 heavy (non-hydrogen) atoms. The molecule has 1 atom stereocenters. The highest BCUT2D eigenvalue weighted by Gasteiger charge is 2.51. The number of nitrogens with zero attached hydrogens (tertiary/aromatic N) is 3. The van der Waals surface area contributed by atoms with E-state index in [0.29, 0.717) is 11.9 Å². The summed E-state index contributed by atoms with van der Waals surface area (Å²) in [7, 11) is 0. The molecule has 3 saturated heterocycles. The maximum atomic E-state index is 6.34.